The van der Waals surface area contributed by atoms with Crippen LogP contribution in [0.25, 0.3) is 0 Å². The van der Waals surface area contributed by atoms with E-state index < -0.39 is 0 Å². The van der Waals surface area contributed by atoms with Gasteiger partial charge in [0, 0.05) is 6.04 Å². The summed E-state index contributed by atoms with van der Waals surface area (Å²) >= 11 is 0. The molecule has 1 heterocycles. The maximum Gasteiger partial charge on any atom is 0.288 e. The van der Waals surface area contributed by atoms with Crippen molar-refractivity contribution in [1.82, 2.24) is 20.5 Å². The highest BCUT2D eigenvalue weighted by Gasteiger charge is 2.19. The Bertz CT molecular complexity index is 336. The standard InChI is InChI=1S/C11H18N4O/c1-8-3-2-4-9(6-5-8)14-11(16)10-12-7-13-15-10/h7-9H,2-6H2,1H3,(H,14,16)(H,12,13,15). The predicted octanol–water partition coefficient (Wildman–Crippen LogP) is 1.50. The van der Waals surface area contributed by atoms with Crippen molar-refractivity contribution in [2.24, 2.45) is 5.92 Å². The molecule has 1 aliphatic rings. The molecule has 1 amide bonds. The zero-order chi connectivity index (χ0) is 11.4. The number of nitrogens with one attached hydrogen (secondary N) is 2. The minimum Gasteiger partial charge on any atom is -0.347 e. The van der Waals surface area contributed by atoms with Crippen LogP contribution in [-0.2, 0) is 0 Å². The highest BCUT2D eigenvalue weighted by Crippen LogP contribution is 2.22. The van der Waals surface area contributed by atoms with Gasteiger partial charge in [0.2, 0.25) is 5.82 Å². The molecule has 2 unspecified atom stereocenters. The van der Waals surface area contributed by atoms with E-state index in [0.717, 1.165) is 18.8 Å². The predicted molar refractivity (Wildman–Crippen MR) is 59.9 cm³/mol. The molecule has 88 valence electrons. The first-order valence-corrected chi connectivity index (χ1v) is 5.92. The summed E-state index contributed by atoms with van der Waals surface area (Å²) in [6, 6.07) is 0.294. The van der Waals surface area contributed by atoms with Crippen molar-refractivity contribution in [3.63, 3.8) is 0 Å². The lowest BCUT2D eigenvalue weighted by Gasteiger charge is -2.15. The van der Waals surface area contributed by atoms with Gasteiger partial charge in [0.15, 0.2) is 0 Å². The van der Waals surface area contributed by atoms with Gasteiger partial charge in [-0.2, -0.15) is 5.10 Å². The first kappa shape index (κ1) is 11.1. The molecule has 0 aliphatic heterocycles. The molecule has 0 bridgehead atoms. The van der Waals surface area contributed by atoms with Crippen LogP contribution in [0.5, 0.6) is 0 Å². The number of carbonyl (C=O) groups excluding carboxylic acids is 1. The Kier molecular flexibility index (Phi) is 3.54. The van der Waals surface area contributed by atoms with E-state index in [9.17, 15) is 4.79 Å². The SMILES string of the molecule is CC1CCCC(NC(=O)c2ncn[nH]2)CC1. The van der Waals surface area contributed by atoms with E-state index in [1.807, 2.05) is 0 Å². The monoisotopic (exact) mass is 222 g/mol. The van der Waals surface area contributed by atoms with Crippen molar-refractivity contribution < 1.29 is 4.79 Å². The van der Waals surface area contributed by atoms with Gasteiger partial charge in [-0.05, 0) is 25.2 Å². The van der Waals surface area contributed by atoms with Crippen LogP contribution in [0.1, 0.15) is 49.6 Å². The average Bonchev–Trinajstić information content (AvgIpc) is 2.72. The summed E-state index contributed by atoms with van der Waals surface area (Å²) in [4.78, 5) is 15.6. The fraction of sp³-hybridized carbons (Fsp3) is 0.727. The van der Waals surface area contributed by atoms with Crippen molar-refractivity contribution >= 4 is 5.91 Å². The van der Waals surface area contributed by atoms with Crippen molar-refractivity contribution in [2.45, 2.75) is 45.1 Å². The molecule has 5 nitrogen and oxygen atoms in total. The summed E-state index contributed by atoms with van der Waals surface area (Å²) in [7, 11) is 0. The Morgan fingerprint density at radius 1 is 1.44 bits per heavy atom. The highest BCUT2D eigenvalue weighted by molar-refractivity contribution is 5.90. The molecule has 1 fully saturated rings. The van der Waals surface area contributed by atoms with Crippen LogP contribution in [0.2, 0.25) is 0 Å². The third-order valence-corrected chi connectivity index (χ3v) is 3.22. The summed E-state index contributed by atoms with van der Waals surface area (Å²) in [6.45, 7) is 2.28. The van der Waals surface area contributed by atoms with E-state index in [4.69, 9.17) is 0 Å². The van der Waals surface area contributed by atoms with Gasteiger partial charge in [0.1, 0.15) is 6.33 Å². The van der Waals surface area contributed by atoms with E-state index in [-0.39, 0.29) is 5.91 Å². The van der Waals surface area contributed by atoms with E-state index >= 15 is 0 Å². The summed E-state index contributed by atoms with van der Waals surface area (Å²) in [6.07, 6.45) is 7.16. The molecule has 1 aromatic rings. The number of carbonyl (C=O) groups is 1. The molecule has 2 atom stereocenters. The average molecular weight is 222 g/mol. The van der Waals surface area contributed by atoms with Crippen molar-refractivity contribution in [1.29, 1.82) is 0 Å². The number of aromatic amines is 1. The second-order valence-electron chi connectivity index (χ2n) is 4.62. The lowest BCUT2D eigenvalue weighted by atomic mass is 10.0. The molecule has 0 spiro atoms. The van der Waals surface area contributed by atoms with Crippen LogP contribution in [-0.4, -0.2) is 27.1 Å². The minimum atomic E-state index is -0.142. The van der Waals surface area contributed by atoms with Gasteiger partial charge >= 0.3 is 0 Å². The van der Waals surface area contributed by atoms with E-state index in [2.05, 4.69) is 27.4 Å². The van der Waals surface area contributed by atoms with Gasteiger partial charge < -0.3 is 5.32 Å². The first-order valence-electron chi connectivity index (χ1n) is 5.92. The Labute approximate surface area is 95.0 Å². The number of nitrogens with zero attached hydrogens (tertiary/aromatic N) is 2. The molecule has 0 aromatic carbocycles. The van der Waals surface area contributed by atoms with Crippen LogP contribution in [0.4, 0.5) is 0 Å². The molecule has 1 saturated carbocycles. The fourth-order valence-corrected chi connectivity index (χ4v) is 2.20. The van der Waals surface area contributed by atoms with Crippen molar-refractivity contribution in [2.75, 3.05) is 0 Å². The number of hydrogen-bond acceptors (Lipinski definition) is 3. The zero-order valence-corrected chi connectivity index (χ0v) is 9.57. The Morgan fingerprint density at radius 3 is 3.06 bits per heavy atom. The number of amides is 1. The molecule has 5 heteroatoms. The molecular formula is C11H18N4O. The number of aromatic nitrogens is 3. The number of H-pyrrole nitrogens is 1. The zero-order valence-electron chi connectivity index (χ0n) is 9.57. The quantitative estimate of drug-likeness (QED) is 0.745. The molecule has 0 radical (unpaired) electrons. The van der Waals surface area contributed by atoms with Crippen molar-refractivity contribution in [3.05, 3.63) is 12.2 Å². The van der Waals surface area contributed by atoms with Gasteiger partial charge in [-0.1, -0.05) is 19.8 Å². The van der Waals surface area contributed by atoms with Crippen LogP contribution in [0, 0.1) is 5.92 Å². The van der Waals surface area contributed by atoms with Gasteiger partial charge in [-0.3, -0.25) is 9.89 Å². The van der Waals surface area contributed by atoms with Gasteiger partial charge in [-0.15, -0.1) is 0 Å². The fourth-order valence-electron chi connectivity index (χ4n) is 2.20. The maximum atomic E-state index is 11.7. The molecule has 16 heavy (non-hydrogen) atoms. The van der Waals surface area contributed by atoms with Crippen LogP contribution >= 0.6 is 0 Å². The van der Waals surface area contributed by atoms with E-state index in [1.165, 1.54) is 25.6 Å². The summed E-state index contributed by atoms with van der Waals surface area (Å²) < 4.78 is 0. The smallest absolute Gasteiger partial charge is 0.288 e. The summed E-state index contributed by atoms with van der Waals surface area (Å²) in [5.41, 5.74) is 0. The van der Waals surface area contributed by atoms with Crippen LogP contribution < -0.4 is 5.32 Å². The van der Waals surface area contributed by atoms with Crippen LogP contribution in [0.15, 0.2) is 6.33 Å². The second kappa shape index (κ2) is 5.09. The third kappa shape index (κ3) is 2.81. The highest BCUT2D eigenvalue weighted by atomic mass is 16.2. The largest absolute Gasteiger partial charge is 0.347 e. The van der Waals surface area contributed by atoms with Crippen LogP contribution in [0.3, 0.4) is 0 Å². The lowest BCUT2D eigenvalue weighted by Crippen LogP contribution is -2.35. The third-order valence-electron chi connectivity index (χ3n) is 3.22. The molecule has 2 rings (SSSR count). The lowest BCUT2D eigenvalue weighted by molar-refractivity contribution is 0.0923. The maximum absolute atomic E-state index is 11.7. The second-order valence-corrected chi connectivity index (χ2v) is 4.62. The van der Waals surface area contributed by atoms with Gasteiger partial charge in [0.25, 0.3) is 5.91 Å². The molecule has 2 N–H and O–H groups in total. The molecule has 0 saturated heterocycles. The van der Waals surface area contributed by atoms with Crippen molar-refractivity contribution in [3.8, 4) is 0 Å². The minimum absolute atomic E-state index is 0.142. The van der Waals surface area contributed by atoms with E-state index in [1.54, 1.807) is 0 Å². The number of rotatable bonds is 2. The van der Waals surface area contributed by atoms with E-state index in [0.29, 0.717) is 11.9 Å². The molecular weight excluding hydrogens is 204 g/mol. The van der Waals surface area contributed by atoms with Gasteiger partial charge in [0.05, 0.1) is 0 Å². The summed E-state index contributed by atoms with van der Waals surface area (Å²) in [5, 5.41) is 9.26. The van der Waals surface area contributed by atoms with Gasteiger partial charge in [-0.25, -0.2) is 4.98 Å². The Hall–Kier alpha value is -1.39. The summed E-state index contributed by atoms with van der Waals surface area (Å²) in [5.74, 6) is 0.946. The normalized spacial score (nSPS) is 26.1. The Morgan fingerprint density at radius 2 is 2.31 bits per heavy atom. The topological polar surface area (TPSA) is 70.7 Å². The molecule has 1 aromatic heterocycles. The number of hydrogen-bond donors (Lipinski definition) is 2. The Balaban J connectivity index is 1.87. The molecule has 1 aliphatic carbocycles. The first-order chi connectivity index (χ1) is 7.75.